The molecule has 0 bridgehead atoms. The maximum atomic E-state index is 13.7. The van der Waals surface area contributed by atoms with Gasteiger partial charge in [0.1, 0.15) is 5.78 Å². The van der Waals surface area contributed by atoms with Crippen molar-refractivity contribution in [1.29, 1.82) is 0 Å². The SMILES string of the molecule is CC1(C)CCCC2(C)C1CCC1(C)C3CCc4cocc4C3(C)C(=O)CC21. The van der Waals surface area contributed by atoms with Crippen LogP contribution in [0.3, 0.4) is 0 Å². The van der Waals surface area contributed by atoms with Gasteiger partial charge in [-0.2, -0.15) is 0 Å². The van der Waals surface area contributed by atoms with Gasteiger partial charge in [-0.1, -0.05) is 34.1 Å². The fourth-order valence-corrected chi connectivity index (χ4v) is 9.05. The number of ketones is 1. The minimum Gasteiger partial charge on any atom is -0.472 e. The first-order chi connectivity index (χ1) is 12.6. The summed E-state index contributed by atoms with van der Waals surface area (Å²) in [6.07, 6.45) is 13.4. The Balaban J connectivity index is 1.62. The zero-order valence-corrected chi connectivity index (χ0v) is 17.9. The van der Waals surface area contributed by atoms with E-state index in [1.165, 1.54) is 43.2 Å². The van der Waals surface area contributed by atoms with Crippen LogP contribution in [0.25, 0.3) is 0 Å². The largest absolute Gasteiger partial charge is 0.472 e. The molecule has 6 atom stereocenters. The summed E-state index contributed by atoms with van der Waals surface area (Å²) in [5, 5.41) is 0. The predicted octanol–water partition coefficient (Wildman–Crippen LogP) is 6.32. The molecule has 27 heavy (non-hydrogen) atoms. The van der Waals surface area contributed by atoms with E-state index in [1.807, 2.05) is 12.5 Å². The molecule has 3 fully saturated rings. The van der Waals surface area contributed by atoms with Crippen LogP contribution < -0.4 is 0 Å². The first kappa shape index (κ1) is 18.0. The number of hydrogen-bond acceptors (Lipinski definition) is 2. The average molecular weight is 369 g/mol. The van der Waals surface area contributed by atoms with E-state index in [9.17, 15) is 4.79 Å². The summed E-state index contributed by atoms with van der Waals surface area (Å²) in [5.74, 6) is 2.26. The van der Waals surface area contributed by atoms with E-state index < -0.39 is 0 Å². The molecule has 0 amide bonds. The monoisotopic (exact) mass is 368 g/mol. The van der Waals surface area contributed by atoms with E-state index in [0.29, 0.717) is 28.4 Å². The van der Waals surface area contributed by atoms with Crippen LogP contribution in [-0.4, -0.2) is 5.78 Å². The molecule has 0 saturated heterocycles. The molecular formula is C25H36O2. The minimum absolute atomic E-state index is 0.274. The van der Waals surface area contributed by atoms with E-state index in [0.717, 1.165) is 25.2 Å². The van der Waals surface area contributed by atoms with E-state index in [2.05, 4.69) is 34.6 Å². The van der Waals surface area contributed by atoms with Crippen LogP contribution in [-0.2, 0) is 16.6 Å². The molecule has 2 nitrogen and oxygen atoms in total. The number of rotatable bonds is 0. The molecule has 0 spiro atoms. The van der Waals surface area contributed by atoms with Gasteiger partial charge in [-0.25, -0.2) is 0 Å². The lowest BCUT2D eigenvalue weighted by molar-refractivity contribution is -0.185. The number of fused-ring (bicyclic) bond motifs is 7. The van der Waals surface area contributed by atoms with Gasteiger partial charge in [0, 0.05) is 12.0 Å². The third-order valence-electron chi connectivity index (χ3n) is 10.3. The summed E-state index contributed by atoms with van der Waals surface area (Å²) in [7, 11) is 0. The van der Waals surface area contributed by atoms with Crippen molar-refractivity contribution in [3.05, 3.63) is 23.7 Å². The number of aryl methyl sites for hydroxylation is 1. The highest BCUT2D eigenvalue weighted by Crippen LogP contribution is 2.71. The van der Waals surface area contributed by atoms with Crippen molar-refractivity contribution in [2.24, 2.45) is 34.0 Å². The Labute approximate surface area is 164 Å². The summed E-state index contributed by atoms with van der Waals surface area (Å²) < 4.78 is 5.58. The molecule has 2 heteroatoms. The minimum atomic E-state index is -0.334. The first-order valence-electron chi connectivity index (χ1n) is 11.2. The predicted molar refractivity (Wildman–Crippen MR) is 108 cm³/mol. The van der Waals surface area contributed by atoms with Crippen molar-refractivity contribution >= 4 is 5.78 Å². The highest BCUT2D eigenvalue weighted by atomic mass is 16.3. The Morgan fingerprint density at radius 2 is 1.63 bits per heavy atom. The Hall–Kier alpha value is -1.05. The molecule has 4 aliphatic rings. The van der Waals surface area contributed by atoms with Crippen LogP contribution in [0.5, 0.6) is 0 Å². The van der Waals surface area contributed by atoms with Crippen LogP contribution in [0, 0.1) is 34.0 Å². The number of carbonyl (C=O) groups excluding carboxylic acids is 1. The summed E-state index contributed by atoms with van der Waals surface area (Å²) in [6.45, 7) is 12.3. The molecule has 0 aliphatic heterocycles. The van der Waals surface area contributed by atoms with Crippen molar-refractivity contribution < 1.29 is 9.21 Å². The summed E-state index contributed by atoms with van der Waals surface area (Å²) >= 11 is 0. The van der Waals surface area contributed by atoms with E-state index >= 15 is 0 Å². The lowest BCUT2D eigenvalue weighted by atomic mass is 9.35. The molecule has 0 N–H and O–H groups in total. The molecular weight excluding hydrogens is 332 g/mol. The van der Waals surface area contributed by atoms with Crippen molar-refractivity contribution in [2.45, 2.75) is 91.4 Å². The van der Waals surface area contributed by atoms with Gasteiger partial charge >= 0.3 is 0 Å². The van der Waals surface area contributed by atoms with Gasteiger partial charge in [-0.3, -0.25) is 4.79 Å². The van der Waals surface area contributed by atoms with Crippen molar-refractivity contribution in [3.63, 3.8) is 0 Å². The van der Waals surface area contributed by atoms with Crippen LogP contribution in [0.15, 0.2) is 16.9 Å². The average Bonchev–Trinajstić information content (AvgIpc) is 3.06. The lowest BCUT2D eigenvalue weighted by Gasteiger charge is -2.68. The van der Waals surface area contributed by atoms with Crippen molar-refractivity contribution in [1.82, 2.24) is 0 Å². The number of hydrogen-bond donors (Lipinski definition) is 0. The smallest absolute Gasteiger partial charge is 0.143 e. The number of furan rings is 1. The molecule has 6 unspecified atom stereocenters. The third kappa shape index (κ3) is 2.06. The van der Waals surface area contributed by atoms with Gasteiger partial charge in [0.25, 0.3) is 0 Å². The second-order valence-corrected chi connectivity index (χ2v) is 11.7. The Bertz CT molecular complexity index is 788. The fourth-order valence-electron chi connectivity index (χ4n) is 9.05. The fraction of sp³-hybridized carbons (Fsp3) is 0.800. The van der Waals surface area contributed by atoms with Crippen molar-refractivity contribution in [3.8, 4) is 0 Å². The topological polar surface area (TPSA) is 30.2 Å². The highest BCUT2D eigenvalue weighted by molar-refractivity contribution is 5.92. The number of Topliss-reactive ketones (excluding diaryl/α,β-unsaturated/α-hetero) is 1. The van der Waals surface area contributed by atoms with E-state index in [4.69, 9.17) is 4.42 Å². The van der Waals surface area contributed by atoms with E-state index in [-0.39, 0.29) is 10.8 Å². The standard InChI is InChI=1S/C25H36O2/c1-22(2)10-6-11-23(3)18(22)9-12-24(4)19-8-7-16-14-27-15-17(16)25(19,5)21(26)13-20(23)24/h14-15,18-20H,6-13H2,1-5H3. The molecule has 1 aromatic heterocycles. The van der Waals surface area contributed by atoms with Crippen LogP contribution in [0.4, 0.5) is 0 Å². The Morgan fingerprint density at radius 1 is 0.889 bits per heavy atom. The van der Waals surface area contributed by atoms with Gasteiger partial charge in [0.15, 0.2) is 0 Å². The second kappa shape index (κ2) is 5.30. The van der Waals surface area contributed by atoms with Crippen LogP contribution in [0.1, 0.15) is 90.7 Å². The van der Waals surface area contributed by atoms with Crippen LogP contribution in [0.2, 0.25) is 0 Å². The molecule has 0 aromatic carbocycles. The van der Waals surface area contributed by atoms with Gasteiger partial charge < -0.3 is 4.42 Å². The van der Waals surface area contributed by atoms with E-state index in [1.54, 1.807) is 0 Å². The Kier molecular flexibility index (Phi) is 3.54. The van der Waals surface area contributed by atoms with Gasteiger partial charge in [0.05, 0.1) is 17.9 Å². The maximum Gasteiger partial charge on any atom is 0.143 e. The van der Waals surface area contributed by atoms with Gasteiger partial charge in [-0.15, -0.1) is 0 Å². The summed E-state index contributed by atoms with van der Waals surface area (Å²) in [4.78, 5) is 13.7. The zero-order valence-electron chi connectivity index (χ0n) is 17.9. The molecule has 5 rings (SSSR count). The Morgan fingerprint density at radius 3 is 2.41 bits per heavy atom. The zero-order chi connectivity index (χ0) is 19.2. The molecule has 0 radical (unpaired) electrons. The molecule has 3 saturated carbocycles. The second-order valence-electron chi connectivity index (χ2n) is 11.7. The quantitative estimate of drug-likeness (QED) is 0.536. The lowest BCUT2D eigenvalue weighted by Crippen LogP contribution is -2.65. The molecule has 4 aliphatic carbocycles. The normalized spacial score (nSPS) is 48.2. The first-order valence-corrected chi connectivity index (χ1v) is 11.2. The molecule has 148 valence electrons. The third-order valence-corrected chi connectivity index (χ3v) is 10.3. The molecule has 1 aromatic rings. The summed E-state index contributed by atoms with van der Waals surface area (Å²) in [6, 6.07) is 0. The molecule has 1 heterocycles. The highest BCUT2D eigenvalue weighted by Gasteiger charge is 2.67. The maximum absolute atomic E-state index is 13.7. The van der Waals surface area contributed by atoms with Gasteiger partial charge in [0.2, 0.25) is 0 Å². The number of carbonyl (C=O) groups is 1. The van der Waals surface area contributed by atoms with Gasteiger partial charge in [-0.05, 0) is 85.0 Å². The van der Waals surface area contributed by atoms with Crippen molar-refractivity contribution in [2.75, 3.05) is 0 Å². The van der Waals surface area contributed by atoms with Crippen LogP contribution >= 0.6 is 0 Å². The summed E-state index contributed by atoms with van der Waals surface area (Å²) in [5.41, 5.74) is 3.17.